The molecule has 476 valence electrons. The molecule has 7 aliphatic rings. The molecule has 5 heterocycles. The summed E-state index contributed by atoms with van der Waals surface area (Å²) in [5, 5.41) is 57.4. The molecule has 21 atom stereocenters. The Morgan fingerprint density at radius 2 is 1.55 bits per heavy atom. The van der Waals surface area contributed by atoms with Crippen molar-refractivity contribution in [2.45, 2.75) is 186 Å². The average Bonchev–Trinajstić information content (AvgIpc) is 1.20. The minimum atomic E-state index is -2.31. The zero-order valence-electron chi connectivity index (χ0n) is 49.8. The van der Waals surface area contributed by atoms with E-state index in [1.165, 1.54) is 63.9 Å². The van der Waals surface area contributed by atoms with Crippen molar-refractivity contribution < 1.29 is 106 Å². The molecule has 0 radical (unpaired) electrons. The third-order valence-electron chi connectivity index (χ3n) is 16.8. The molecular weight excluding hydrogens is 1170 g/mol. The monoisotopic (exact) mass is 1250 g/mol. The van der Waals surface area contributed by atoms with Crippen molar-refractivity contribution in [2.75, 3.05) is 59.5 Å². The van der Waals surface area contributed by atoms with Crippen LogP contribution in [0.1, 0.15) is 81.5 Å². The van der Waals surface area contributed by atoms with E-state index in [0.717, 1.165) is 7.11 Å². The number of carbonyl (C=O) groups excluding carboxylic acids is 4. The largest absolute Gasteiger partial charge is 0.493 e. The van der Waals surface area contributed by atoms with E-state index in [4.69, 9.17) is 66.4 Å². The van der Waals surface area contributed by atoms with Gasteiger partial charge in [0.15, 0.2) is 54.3 Å². The Morgan fingerprint density at radius 3 is 2.22 bits per heavy atom. The lowest BCUT2D eigenvalue weighted by Crippen LogP contribution is -2.74. The normalized spacial score (nSPS) is 37.5. The first-order valence-corrected chi connectivity index (χ1v) is 30.7. The summed E-state index contributed by atoms with van der Waals surface area (Å²) in [7, 11) is 6.68. The molecule has 5 fully saturated rings. The molecule has 5 aliphatic heterocycles. The highest BCUT2D eigenvalue weighted by Gasteiger charge is 2.73. The number of rotatable bonds is 21. The molecule has 0 aromatic heterocycles. The lowest BCUT2D eigenvalue weighted by Gasteiger charge is -2.59. The molecule has 4 saturated heterocycles. The van der Waals surface area contributed by atoms with Crippen LogP contribution in [0.2, 0.25) is 0 Å². The van der Waals surface area contributed by atoms with Crippen LogP contribution in [-0.2, 0) is 72.1 Å². The maximum Gasteiger partial charge on any atom is 0.407 e. The van der Waals surface area contributed by atoms with Gasteiger partial charge in [-0.1, -0.05) is 50.8 Å². The third kappa shape index (κ3) is 12.7. The molecule has 9 rings (SSSR count). The fourth-order valence-corrected chi connectivity index (χ4v) is 15.0. The number of ketones is 1. The quantitative estimate of drug-likeness (QED) is 0.0293. The van der Waals surface area contributed by atoms with Crippen molar-refractivity contribution >= 4 is 53.0 Å². The highest BCUT2D eigenvalue weighted by Crippen LogP contribution is 2.66. The van der Waals surface area contributed by atoms with E-state index in [1.54, 1.807) is 44.4 Å². The first kappa shape index (κ1) is 65.7. The number of ether oxygens (including phenoxy) is 13. The van der Waals surface area contributed by atoms with Crippen molar-refractivity contribution in [3.05, 3.63) is 77.1 Å². The Hall–Kier alpha value is -4.70. The lowest BCUT2D eigenvalue weighted by atomic mass is 9.57. The van der Waals surface area contributed by atoms with E-state index in [0.29, 0.717) is 5.56 Å². The van der Waals surface area contributed by atoms with Crippen molar-refractivity contribution in [2.24, 2.45) is 0 Å². The SMILES string of the molecule is C=C(OC)C(=O)Nc1cc(OC)c(OC)cc1C(=O)O[C@H]1C[C@H](O[C@@H]2C(=O)C(NC(=O)OC)C34SCC=C3[C@]2(O)c2ccccc2[C@@H]4O[C@@H]2O[C@H](C)[C@@H](NO[C@H]3C[C@H](O)[C@H](SC)[C@@H](C)O3)[C@H](O)[C@H]2O[C@H]2C[C@H](OC)[C@@H](NC(C)C)CO2)O[C@@H](C)[C@H]1O. The Bertz CT molecular complexity index is 2810. The highest BCUT2D eigenvalue weighted by molar-refractivity contribution is 8.01. The fraction of sp³-hybridized carbons (Fsp3) is 0.655. The molecular formula is C58H80N4O22S2. The molecule has 2 unspecified atom stereocenters. The number of anilines is 1. The van der Waals surface area contributed by atoms with Gasteiger partial charge in [0, 0.05) is 50.3 Å². The second-order valence-electron chi connectivity index (χ2n) is 22.4. The van der Waals surface area contributed by atoms with Gasteiger partial charge in [-0.25, -0.2) is 9.59 Å². The number of nitrogens with one attached hydrogen (secondary N) is 4. The molecule has 1 saturated carbocycles. The number of thioether (sulfide) groups is 2. The summed E-state index contributed by atoms with van der Waals surface area (Å²) >= 11 is 2.70. The standard InChI is InChI=1S/C58H80N4O22S2/c1-25(2)59-34-24-76-41(22-36(34)72-8)81-48-46(65)44(62-84-43-21-35(63)49(85-12)28(5)78-43)26(3)79-55(48)83-51-30-15-13-14-16-32(30)57(70)40-17-18-86-58(40,51)50(61-56(69)75-11)47(66)52(57)82-42-23-39(45(64)27(4)77-42)80-54(68)31-19-37(73-9)38(74-10)20-33(31)60-53(67)29(6)71-7/h13-17,19-20,25-28,34-36,39,41-46,48-52,55,59,62-65,70H,6,18,21-24H2,1-5,7-12H3,(H,60,67)(H,61,69)/t26-,27+,28-,34+,35+,36+,39+,41+,42+,43+,44-,45-,46+,48-,49-,50?,51+,52-,55+,57-,58?/m1/s1. The van der Waals surface area contributed by atoms with E-state index >= 15 is 4.79 Å². The summed E-state index contributed by atoms with van der Waals surface area (Å²) in [6, 6.07) is 6.66. The minimum Gasteiger partial charge on any atom is -0.493 e. The van der Waals surface area contributed by atoms with Crippen LogP contribution in [0.5, 0.6) is 11.5 Å². The van der Waals surface area contributed by atoms with Crippen LogP contribution in [-0.4, -0.2) is 219 Å². The predicted octanol–water partition coefficient (Wildman–Crippen LogP) is 2.62. The predicted molar refractivity (Wildman–Crippen MR) is 308 cm³/mol. The molecule has 26 nitrogen and oxygen atoms in total. The molecule has 2 aliphatic carbocycles. The Kier molecular flexibility index (Phi) is 21.1. The van der Waals surface area contributed by atoms with Crippen LogP contribution in [0.15, 0.2) is 60.4 Å². The number of alkyl carbamates (subject to hydrolysis) is 1. The van der Waals surface area contributed by atoms with Crippen LogP contribution in [0.25, 0.3) is 0 Å². The summed E-state index contributed by atoms with van der Waals surface area (Å²) in [6.07, 6.45) is -14.5. The molecule has 86 heavy (non-hydrogen) atoms. The molecule has 2 amide bonds. The van der Waals surface area contributed by atoms with Gasteiger partial charge in [0.2, 0.25) is 0 Å². The maximum absolute atomic E-state index is 15.8. The van der Waals surface area contributed by atoms with Gasteiger partial charge < -0.3 is 98.0 Å². The first-order chi connectivity index (χ1) is 41.1. The molecule has 2 aromatic carbocycles. The number of hydrogen-bond donors (Lipinski definition) is 8. The first-order valence-electron chi connectivity index (χ1n) is 28.4. The van der Waals surface area contributed by atoms with Gasteiger partial charge >= 0.3 is 12.1 Å². The van der Waals surface area contributed by atoms with Crippen LogP contribution >= 0.6 is 23.5 Å². The van der Waals surface area contributed by atoms with Crippen molar-refractivity contribution in [1.29, 1.82) is 0 Å². The number of aliphatic hydroxyl groups excluding tert-OH is 3. The molecule has 2 aromatic rings. The maximum atomic E-state index is 15.8. The second-order valence-corrected chi connectivity index (χ2v) is 24.7. The second kappa shape index (κ2) is 27.6. The summed E-state index contributed by atoms with van der Waals surface area (Å²) < 4.78 is 77.2. The van der Waals surface area contributed by atoms with E-state index in [2.05, 4.69) is 28.0 Å². The topological polar surface area (TPSA) is 327 Å². The number of amides is 2. The van der Waals surface area contributed by atoms with Crippen LogP contribution in [0.3, 0.4) is 0 Å². The highest BCUT2D eigenvalue weighted by atomic mass is 32.2. The summed E-state index contributed by atoms with van der Waals surface area (Å²) in [4.78, 5) is 62.7. The number of aliphatic hydroxyl groups is 4. The lowest BCUT2D eigenvalue weighted by molar-refractivity contribution is -0.344. The van der Waals surface area contributed by atoms with E-state index < -0.39 is 133 Å². The van der Waals surface area contributed by atoms with Crippen LogP contribution < -0.4 is 30.9 Å². The van der Waals surface area contributed by atoms with Gasteiger partial charge in [0.25, 0.3) is 5.91 Å². The van der Waals surface area contributed by atoms with Crippen molar-refractivity contribution in [3.63, 3.8) is 0 Å². The van der Waals surface area contributed by atoms with E-state index in [-0.39, 0.29) is 94.4 Å². The van der Waals surface area contributed by atoms with Gasteiger partial charge in [-0.05, 0) is 43.7 Å². The summed E-state index contributed by atoms with van der Waals surface area (Å²) in [6.45, 7) is 12.8. The Balaban J connectivity index is 1.04. The van der Waals surface area contributed by atoms with Gasteiger partial charge in [0.1, 0.15) is 42.2 Å². The van der Waals surface area contributed by atoms with Crippen molar-refractivity contribution in [3.8, 4) is 11.5 Å². The van der Waals surface area contributed by atoms with Gasteiger partial charge in [0.05, 0.1) is 98.9 Å². The van der Waals surface area contributed by atoms with E-state index in [9.17, 15) is 34.8 Å². The number of hydroxylamine groups is 1. The molecule has 28 heteroatoms. The average molecular weight is 1250 g/mol. The molecule has 0 spiro atoms. The van der Waals surface area contributed by atoms with E-state index in [1.807, 2.05) is 27.0 Å². The number of methoxy groups -OCH3 is 5. The van der Waals surface area contributed by atoms with Crippen LogP contribution in [0.4, 0.5) is 10.5 Å². The molecule has 2 bridgehead atoms. The number of fused-ring (bicyclic) bond motifs is 2. The zero-order valence-corrected chi connectivity index (χ0v) is 51.4. The molecule has 8 N–H and O–H groups in total. The summed E-state index contributed by atoms with van der Waals surface area (Å²) in [5.41, 5.74) is 1.11. The number of Topliss-reactive ketones (excluding diaryl/α,β-unsaturated/α-hetero) is 1. The number of hydrogen-bond acceptors (Lipinski definition) is 26. The number of esters is 1. The summed E-state index contributed by atoms with van der Waals surface area (Å²) in [5.74, 6) is -2.47. The minimum absolute atomic E-state index is 0.0743. The Morgan fingerprint density at radius 1 is 0.837 bits per heavy atom. The fourth-order valence-electron chi connectivity index (χ4n) is 12.6. The van der Waals surface area contributed by atoms with Gasteiger partial charge in [-0.3, -0.25) is 14.4 Å². The Labute approximate surface area is 507 Å². The van der Waals surface area contributed by atoms with Crippen molar-refractivity contribution in [1.82, 2.24) is 16.1 Å². The van der Waals surface area contributed by atoms with Gasteiger partial charge in [-0.15, -0.1) is 11.8 Å². The van der Waals surface area contributed by atoms with Crippen LogP contribution in [0, 0.1) is 0 Å². The van der Waals surface area contributed by atoms with Gasteiger partial charge in [-0.2, -0.15) is 17.2 Å². The smallest absolute Gasteiger partial charge is 0.407 e. The number of carbonyl (C=O) groups is 4. The third-order valence-corrected chi connectivity index (χ3v) is 19.5. The zero-order chi connectivity index (χ0) is 62.1. The number of benzene rings is 2.